The fourth-order valence-corrected chi connectivity index (χ4v) is 5.22. The van der Waals surface area contributed by atoms with Crippen molar-refractivity contribution in [3.8, 4) is 5.82 Å². The number of hydrogen-bond donors (Lipinski definition) is 2. The van der Waals surface area contributed by atoms with E-state index in [1.165, 1.54) is 6.26 Å². The molecule has 1 amide bonds. The molecule has 170 valence electrons. The standard InChI is InChI=1S/C22H28N6O3S/c1-15(14-32(2,30)31)25-21(29)16-7-9-18(10-8-16)26-22-23-12-11-20(27-22)28-19-6-4-3-5-17(19)13-24-28/h3-6,11-13,15-16,18H,7-10,14H2,1-2H3,(H,25,29)(H,23,26,27)/t15-,16-,18-/m0/s1. The van der Waals surface area contributed by atoms with Gasteiger partial charge in [0.15, 0.2) is 5.82 Å². The molecule has 0 radical (unpaired) electrons. The average Bonchev–Trinajstić information content (AvgIpc) is 3.17. The molecule has 2 heterocycles. The number of aromatic nitrogens is 4. The summed E-state index contributed by atoms with van der Waals surface area (Å²) in [5, 5.41) is 11.7. The topological polar surface area (TPSA) is 119 Å². The number of fused-ring (bicyclic) bond motifs is 1. The Labute approximate surface area is 187 Å². The third-order valence-corrected chi connectivity index (χ3v) is 6.81. The van der Waals surface area contributed by atoms with Crippen molar-refractivity contribution in [3.05, 3.63) is 42.7 Å². The van der Waals surface area contributed by atoms with Crippen LogP contribution in [0.15, 0.2) is 42.7 Å². The van der Waals surface area contributed by atoms with Crippen molar-refractivity contribution in [1.29, 1.82) is 0 Å². The quantitative estimate of drug-likeness (QED) is 0.560. The zero-order chi connectivity index (χ0) is 22.7. The van der Waals surface area contributed by atoms with Gasteiger partial charge in [0.05, 0.1) is 17.5 Å². The highest BCUT2D eigenvalue weighted by Gasteiger charge is 2.28. The fraction of sp³-hybridized carbons (Fsp3) is 0.455. The van der Waals surface area contributed by atoms with Gasteiger partial charge in [0.25, 0.3) is 0 Å². The third kappa shape index (κ3) is 5.42. The lowest BCUT2D eigenvalue weighted by Gasteiger charge is -2.29. The van der Waals surface area contributed by atoms with Crippen molar-refractivity contribution in [2.24, 2.45) is 5.92 Å². The zero-order valence-corrected chi connectivity index (χ0v) is 19.0. The van der Waals surface area contributed by atoms with Gasteiger partial charge in [-0.2, -0.15) is 10.1 Å². The zero-order valence-electron chi connectivity index (χ0n) is 18.2. The summed E-state index contributed by atoms with van der Waals surface area (Å²) in [7, 11) is -3.12. The minimum Gasteiger partial charge on any atom is -0.352 e. The van der Waals surface area contributed by atoms with Crippen molar-refractivity contribution in [3.63, 3.8) is 0 Å². The highest BCUT2D eigenvalue weighted by Crippen LogP contribution is 2.26. The van der Waals surface area contributed by atoms with Crippen LogP contribution in [0.4, 0.5) is 5.95 Å². The molecule has 0 spiro atoms. The molecular weight excluding hydrogens is 428 g/mol. The van der Waals surface area contributed by atoms with Crippen LogP contribution in [0.1, 0.15) is 32.6 Å². The second kappa shape index (κ2) is 9.23. The fourth-order valence-electron chi connectivity index (χ4n) is 4.23. The molecule has 1 atom stereocenters. The van der Waals surface area contributed by atoms with Crippen LogP contribution in [-0.4, -0.2) is 58.2 Å². The Morgan fingerprint density at radius 2 is 1.94 bits per heavy atom. The van der Waals surface area contributed by atoms with E-state index in [0.717, 1.165) is 36.6 Å². The molecule has 2 aromatic heterocycles. The number of para-hydroxylation sites is 1. The summed E-state index contributed by atoms with van der Waals surface area (Å²) in [5.74, 6) is 1.02. The van der Waals surface area contributed by atoms with Crippen LogP contribution >= 0.6 is 0 Å². The predicted octanol–water partition coefficient (Wildman–Crippen LogP) is 2.34. The lowest BCUT2D eigenvalue weighted by molar-refractivity contribution is -0.126. The summed E-state index contributed by atoms with van der Waals surface area (Å²) < 4.78 is 24.6. The van der Waals surface area contributed by atoms with Crippen molar-refractivity contribution in [1.82, 2.24) is 25.1 Å². The molecular formula is C22H28N6O3S. The van der Waals surface area contributed by atoms with E-state index < -0.39 is 9.84 Å². The van der Waals surface area contributed by atoms with Crippen LogP contribution in [0.25, 0.3) is 16.7 Å². The summed E-state index contributed by atoms with van der Waals surface area (Å²) in [6.45, 7) is 1.72. The number of sulfone groups is 1. The number of hydrogen-bond acceptors (Lipinski definition) is 7. The molecule has 1 fully saturated rings. The normalized spacial score (nSPS) is 20.1. The molecule has 0 bridgehead atoms. The Morgan fingerprint density at radius 1 is 1.19 bits per heavy atom. The van der Waals surface area contributed by atoms with Crippen LogP contribution in [0, 0.1) is 5.92 Å². The Balaban J connectivity index is 1.34. The number of nitrogens with one attached hydrogen (secondary N) is 2. The first-order valence-electron chi connectivity index (χ1n) is 10.8. The van der Waals surface area contributed by atoms with Crippen LogP contribution < -0.4 is 10.6 Å². The van der Waals surface area contributed by atoms with Crippen molar-refractivity contribution in [2.75, 3.05) is 17.3 Å². The summed E-state index contributed by atoms with van der Waals surface area (Å²) in [6, 6.07) is 9.57. The number of carbonyl (C=O) groups is 1. The molecule has 1 aliphatic carbocycles. The van der Waals surface area contributed by atoms with Crippen LogP contribution in [0.2, 0.25) is 0 Å². The van der Waals surface area contributed by atoms with Crippen molar-refractivity contribution >= 4 is 32.6 Å². The van der Waals surface area contributed by atoms with Gasteiger partial charge in [0, 0.05) is 41.9 Å². The smallest absolute Gasteiger partial charge is 0.224 e. The van der Waals surface area contributed by atoms with Gasteiger partial charge in [-0.15, -0.1) is 0 Å². The molecule has 2 N–H and O–H groups in total. The number of amides is 1. The maximum Gasteiger partial charge on any atom is 0.224 e. The van der Waals surface area contributed by atoms with Crippen LogP contribution in [0.5, 0.6) is 0 Å². The minimum atomic E-state index is -3.12. The lowest BCUT2D eigenvalue weighted by Crippen LogP contribution is -2.42. The van der Waals surface area contributed by atoms with E-state index >= 15 is 0 Å². The molecule has 0 aliphatic heterocycles. The predicted molar refractivity (Wildman–Crippen MR) is 123 cm³/mol. The Kier molecular flexibility index (Phi) is 6.40. The van der Waals surface area contributed by atoms with Crippen molar-refractivity contribution < 1.29 is 13.2 Å². The van der Waals surface area contributed by atoms with Gasteiger partial charge in [0.2, 0.25) is 11.9 Å². The molecule has 0 unspecified atom stereocenters. The largest absolute Gasteiger partial charge is 0.352 e. The highest BCUT2D eigenvalue weighted by molar-refractivity contribution is 7.90. The van der Waals surface area contributed by atoms with E-state index in [9.17, 15) is 13.2 Å². The SMILES string of the molecule is C[C@@H](CS(C)(=O)=O)NC(=O)[C@H]1CC[C@H](Nc2nccc(-n3ncc4ccccc43)n2)CC1. The molecule has 1 aliphatic rings. The molecule has 10 heteroatoms. The molecule has 0 saturated heterocycles. The molecule has 32 heavy (non-hydrogen) atoms. The van der Waals surface area contributed by atoms with E-state index in [0.29, 0.717) is 11.8 Å². The second-order valence-corrected chi connectivity index (χ2v) is 10.7. The van der Waals surface area contributed by atoms with Gasteiger partial charge in [0.1, 0.15) is 9.84 Å². The van der Waals surface area contributed by atoms with Gasteiger partial charge in [-0.1, -0.05) is 18.2 Å². The first kappa shape index (κ1) is 22.2. The molecule has 1 aromatic carbocycles. The van der Waals surface area contributed by atoms with Gasteiger partial charge in [-0.05, 0) is 38.7 Å². The van der Waals surface area contributed by atoms with E-state index in [1.54, 1.807) is 17.8 Å². The molecule has 4 rings (SSSR count). The van der Waals surface area contributed by atoms with Crippen LogP contribution in [-0.2, 0) is 14.6 Å². The Bertz CT molecular complexity index is 1200. The average molecular weight is 457 g/mol. The number of nitrogens with zero attached hydrogens (tertiary/aromatic N) is 4. The maximum atomic E-state index is 12.5. The van der Waals surface area contributed by atoms with Gasteiger partial charge in [-0.25, -0.2) is 18.1 Å². The monoisotopic (exact) mass is 456 g/mol. The second-order valence-electron chi connectivity index (χ2n) is 8.55. The molecule has 3 aromatic rings. The third-order valence-electron chi connectivity index (χ3n) is 5.71. The Morgan fingerprint density at radius 3 is 2.69 bits per heavy atom. The van der Waals surface area contributed by atoms with E-state index in [1.807, 2.05) is 36.5 Å². The van der Waals surface area contributed by atoms with E-state index in [2.05, 4.69) is 25.7 Å². The lowest BCUT2D eigenvalue weighted by atomic mass is 9.85. The van der Waals surface area contributed by atoms with Gasteiger partial charge >= 0.3 is 0 Å². The summed E-state index contributed by atoms with van der Waals surface area (Å²) >= 11 is 0. The van der Waals surface area contributed by atoms with Crippen LogP contribution in [0.3, 0.4) is 0 Å². The van der Waals surface area contributed by atoms with Gasteiger partial charge in [-0.3, -0.25) is 4.79 Å². The van der Waals surface area contributed by atoms with E-state index in [4.69, 9.17) is 0 Å². The summed E-state index contributed by atoms with van der Waals surface area (Å²) in [5.41, 5.74) is 0.980. The minimum absolute atomic E-state index is 0.0468. The number of carbonyl (C=O) groups excluding carboxylic acids is 1. The van der Waals surface area contributed by atoms with Crippen molar-refractivity contribution in [2.45, 2.75) is 44.7 Å². The summed E-state index contributed by atoms with van der Waals surface area (Å²) in [4.78, 5) is 21.5. The van der Waals surface area contributed by atoms with E-state index in [-0.39, 0.29) is 29.7 Å². The number of rotatable bonds is 7. The number of benzene rings is 1. The molecule has 9 nitrogen and oxygen atoms in total. The summed E-state index contributed by atoms with van der Waals surface area (Å²) in [6.07, 6.45) is 7.81. The first-order chi connectivity index (χ1) is 15.3. The van der Waals surface area contributed by atoms with Gasteiger partial charge < -0.3 is 10.6 Å². The Hall–Kier alpha value is -3.01. The number of anilines is 1. The first-order valence-corrected chi connectivity index (χ1v) is 12.9. The highest BCUT2D eigenvalue weighted by atomic mass is 32.2. The maximum absolute atomic E-state index is 12.5. The molecule has 1 saturated carbocycles.